The van der Waals surface area contributed by atoms with Gasteiger partial charge in [-0.2, -0.15) is 5.26 Å². The predicted octanol–water partition coefficient (Wildman–Crippen LogP) is 5.80. The molecule has 2 unspecified atom stereocenters. The van der Waals surface area contributed by atoms with Gasteiger partial charge in [-0.1, -0.05) is 44.2 Å². The van der Waals surface area contributed by atoms with Gasteiger partial charge in [-0.3, -0.25) is 15.7 Å². The molecule has 0 bridgehead atoms. The lowest BCUT2D eigenvalue weighted by Gasteiger charge is -2.13. The molecule has 2 heterocycles. The standard InChI is InChI=1S/C26H25N3O2/c1-4-22(10-12-29-30)26(16-27)25(31-26)20-8-5-7-18(13-20)23-15-21(17(2)3)14-19-9-6-11-28-24(19)23/h4-15,17,25,29-30H,1-3H3/b12-10-,22-4+. The van der Waals surface area contributed by atoms with Gasteiger partial charge in [0, 0.05) is 23.3 Å². The van der Waals surface area contributed by atoms with Crippen LogP contribution in [-0.4, -0.2) is 15.8 Å². The molecule has 1 saturated heterocycles. The maximum Gasteiger partial charge on any atom is 0.210 e. The number of fused-ring (bicyclic) bond motifs is 1. The molecule has 3 aromatic rings. The van der Waals surface area contributed by atoms with E-state index in [-0.39, 0.29) is 6.10 Å². The van der Waals surface area contributed by atoms with Crippen LogP contribution in [0.5, 0.6) is 0 Å². The number of rotatable bonds is 6. The molecule has 0 radical (unpaired) electrons. The van der Waals surface area contributed by atoms with Crippen molar-refractivity contribution in [3.05, 3.63) is 89.8 Å². The quantitative estimate of drug-likeness (QED) is 0.304. The van der Waals surface area contributed by atoms with Crippen LogP contribution < -0.4 is 5.48 Å². The minimum absolute atomic E-state index is 0.375. The van der Waals surface area contributed by atoms with Gasteiger partial charge in [0.15, 0.2) is 0 Å². The number of nitrogens with one attached hydrogen (secondary N) is 1. The van der Waals surface area contributed by atoms with Crippen LogP contribution in [0.1, 0.15) is 43.9 Å². The number of aromatic nitrogens is 1. The molecular formula is C26H25N3O2. The van der Waals surface area contributed by atoms with E-state index in [4.69, 9.17) is 9.94 Å². The number of allylic oxidation sites excluding steroid dienone is 1. The molecule has 4 rings (SSSR count). The molecule has 2 aromatic carbocycles. The van der Waals surface area contributed by atoms with E-state index in [0.29, 0.717) is 11.5 Å². The number of benzene rings is 2. The topological polar surface area (TPSA) is 81.5 Å². The number of pyridine rings is 1. The summed E-state index contributed by atoms with van der Waals surface area (Å²) in [5, 5.41) is 19.9. The highest BCUT2D eigenvalue weighted by Gasteiger charge is 2.60. The third-order valence-corrected chi connectivity index (χ3v) is 5.75. The molecule has 5 nitrogen and oxygen atoms in total. The van der Waals surface area contributed by atoms with Crippen LogP contribution >= 0.6 is 0 Å². The van der Waals surface area contributed by atoms with Gasteiger partial charge in [-0.15, -0.1) is 0 Å². The molecule has 1 aliphatic heterocycles. The van der Waals surface area contributed by atoms with E-state index < -0.39 is 5.60 Å². The van der Waals surface area contributed by atoms with Crippen molar-refractivity contribution >= 4 is 10.9 Å². The largest absolute Gasteiger partial charge is 0.340 e. The van der Waals surface area contributed by atoms with E-state index in [2.05, 4.69) is 55.2 Å². The fourth-order valence-corrected chi connectivity index (χ4v) is 4.02. The normalized spacial score (nSPS) is 20.9. The minimum Gasteiger partial charge on any atom is -0.340 e. The smallest absolute Gasteiger partial charge is 0.210 e. The zero-order chi connectivity index (χ0) is 22.0. The van der Waals surface area contributed by atoms with Crippen molar-refractivity contribution < 1.29 is 9.94 Å². The van der Waals surface area contributed by atoms with Gasteiger partial charge in [0.1, 0.15) is 12.2 Å². The molecule has 0 spiro atoms. The van der Waals surface area contributed by atoms with Gasteiger partial charge in [0.2, 0.25) is 5.60 Å². The Balaban J connectivity index is 1.78. The van der Waals surface area contributed by atoms with Gasteiger partial charge in [-0.25, -0.2) is 0 Å². The van der Waals surface area contributed by atoms with Crippen LogP contribution in [0.4, 0.5) is 0 Å². The van der Waals surface area contributed by atoms with Crippen molar-refractivity contribution in [2.75, 3.05) is 0 Å². The fourth-order valence-electron chi connectivity index (χ4n) is 4.02. The van der Waals surface area contributed by atoms with E-state index in [1.165, 1.54) is 11.8 Å². The Hall–Kier alpha value is -3.46. The second-order valence-corrected chi connectivity index (χ2v) is 7.98. The molecule has 1 fully saturated rings. The predicted molar refractivity (Wildman–Crippen MR) is 121 cm³/mol. The van der Waals surface area contributed by atoms with Crippen LogP contribution in [0.15, 0.2) is 78.7 Å². The molecular weight excluding hydrogens is 386 g/mol. The molecule has 1 aromatic heterocycles. The van der Waals surface area contributed by atoms with E-state index in [0.717, 1.165) is 27.6 Å². The number of nitriles is 1. The summed E-state index contributed by atoms with van der Waals surface area (Å²) in [5.41, 5.74) is 6.88. The summed E-state index contributed by atoms with van der Waals surface area (Å²) in [5.74, 6) is 0.397. The SMILES string of the molecule is C/C=C(\C=C/NO)C1(C#N)OC1c1cccc(-c2cc(C(C)C)cc3cccnc23)c1. The zero-order valence-corrected chi connectivity index (χ0v) is 17.8. The maximum atomic E-state index is 9.87. The average Bonchev–Trinajstić information content (AvgIpc) is 3.55. The summed E-state index contributed by atoms with van der Waals surface area (Å²) in [7, 11) is 0. The lowest BCUT2D eigenvalue weighted by Crippen LogP contribution is -2.12. The molecule has 156 valence electrons. The highest BCUT2D eigenvalue weighted by atomic mass is 16.6. The first-order valence-corrected chi connectivity index (χ1v) is 10.3. The van der Waals surface area contributed by atoms with E-state index in [1.54, 1.807) is 6.08 Å². The van der Waals surface area contributed by atoms with Crippen molar-refractivity contribution in [2.45, 2.75) is 38.4 Å². The highest BCUT2D eigenvalue weighted by molar-refractivity contribution is 5.94. The molecule has 0 amide bonds. The first kappa shape index (κ1) is 20.8. The van der Waals surface area contributed by atoms with Crippen molar-refractivity contribution in [1.82, 2.24) is 10.5 Å². The third-order valence-electron chi connectivity index (χ3n) is 5.75. The summed E-state index contributed by atoms with van der Waals surface area (Å²) in [6.07, 6.45) is 6.29. The van der Waals surface area contributed by atoms with Crippen molar-refractivity contribution in [2.24, 2.45) is 0 Å². The number of epoxide rings is 1. The van der Waals surface area contributed by atoms with E-state index in [9.17, 15) is 5.26 Å². The lowest BCUT2D eigenvalue weighted by molar-refractivity contribution is 0.214. The Morgan fingerprint density at radius 2 is 2.10 bits per heavy atom. The van der Waals surface area contributed by atoms with Gasteiger partial charge >= 0.3 is 0 Å². The average molecular weight is 412 g/mol. The second kappa shape index (κ2) is 8.35. The molecule has 0 aliphatic carbocycles. The minimum atomic E-state index is -1.05. The van der Waals surface area contributed by atoms with Gasteiger partial charge in [0.05, 0.1) is 5.52 Å². The van der Waals surface area contributed by atoms with Crippen molar-refractivity contribution in [3.8, 4) is 17.2 Å². The molecule has 5 heteroatoms. The van der Waals surface area contributed by atoms with Crippen LogP contribution in [0.2, 0.25) is 0 Å². The number of hydrogen-bond donors (Lipinski definition) is 2. The van der Waals surface area contributed by atoms with Crippen LogP contribution in [0, 0.1) is 11.3 Å². The Morgan fingerprint density at radius 1 is 1.26 bits per heavy atom. The summed E-state index contributed by atoms with van der Waals surface area (Å²) in [6.45, 7) is 6.22. The maximum absolute atomic E-state index is 9.87. The van der Waals surface area contributed by atoms with E-state index in [1.807, 2.05) is 42.9 Å². The molecule has 1 aliphatic rings. The Labute approximate surface area is 182 Å². The van der Waals surface area contributed by atoms with Gasteiger partial charge in [-0.05, 0) is 65.4 Å². The fraction of sp³-hybridized carbons (Fsp3) is 0.231. The number of hydroxylamine groups is 1. The monoisotopic (exact) mass is 411 g/mol. The third kappa shape index (κ3) is 3.72. The number of ether oxygens (including phenoxy) is 1. The molecule has 2 N–H and O–H groups in total. The van der Waals surface area contributed by atoms with Crippen molar-refractivity contribution in [3.63, 3.8) is 0 Å². The van der Waals surface area contributed by atoms with Crippen LogP contribution in [-0.2, 0) is 4.74 Å². The van der Waals surface area contributed by atoms with Gasteiger partial charge in [0.25, 0.3) is 0 Å². The molecule has 0 saturated carbocycles. The van der Waals surface area contributed by atoms with Crippen LogP contribution in [0.3, 0.4) is 0 Å². The number of nitrogens with zero attached hydrogens (tertiary/aromatic N) is 2. The first-order chi connectivity index (χ1) is 15.0. The first-order valence-electron chi connectivity index (χ1n) is 10.3. The Morgan fingerprint density at radius 3 is 2.81 bits per heavy atom. The Kier molecular flexibility index (Phi) is 5.60. The summed E-state index contributed by atoms with van der Waals surface area (Å²) < 4.78 is 5.92. The zero-order valence-electron chi connectivity index (χ0n) is 17.8. The van der Waals surface area contributed by atoms with Crippen molar-refractivity contribution in [1.29, 1.82) is 5.26 Å². The lowest BCUT2D eigenvalue weighted by atomic mass is 9.90. The summed E-state index contributed by atoms with van der Waals surface area (Å²) in [4.78, 5) is 4.64. The van der Waals surface area contributed by atoms with Crippen LogP contribution in [0.25, 0.3) is 22.0 Å². The molecule has 2 atom stereocenters. The summed E-state index contributed by atoms with van der Waals surface area (Å²) >= 11 is 0. The van der Waals surface area contributed by atoms with E-state index >= 15 is 0 Å². The second-order valence-electron chi connectivity index (χ2n) is 7.98. The van der Waals surface area contributed by atoms with Gasteiger partial charge < -0.3 is 4.74 Å². The number of hydrogen-bond acceptors (Lipinski definition) is 5. The molecule has 31 heavy (non-hydrogen) atoms. The Bertz CT molecular complexity index is 1220. The summed E-state index contributed by atoms with van der Waals surface area (Å²) in [6, 6.07) is 18.9. The highest BCUT2D eigenvalue weighted by Crippen LogP contribution is 2.54.